The number of piperidine rings is 1. The molecule has 6 nitrogen and oxygen atoms in total. The Kier molecular flexibility index (Phi) is 6.67. The minimum absolute atomic E-state index is 0.101. The molecule has 18 heavy (non-hydrogen) atoms. The second kappa shape index (κ2) is 8.05. The first kappa shape index (κ1) is 14.9. The van der Waals surface area contributed by atoms with E-state index in [-0.39, 0.29) is 12.5 Å². The molecule has 0 saturated carbocycles. The number of carboxylic acid groups (broad SMARTS) is 1. The van der Waals surface area contributed by atoms with Gasteiger partial charge in [0.15, 0.2) is 0 Å². The average molecular weight is 258 g/mol. The topological polar surface area (TPSA) is 78.9 Å². The first-order valence-electron chi connectivity index (χ1n) is 6.38. The lowest BCUT2D eigenvalue weighted by atomic mass is 10.1. The number of carboxylic acids is 1. The molecule has 1 aliphatic rings. The zero-order valence-corrected chi connectivity index (χ0v) is 10.9. The summed E-state index contributed by atoms with van der Waals surface area (Å²) in [5, 5.41) is 11.7. The molecule has 0 spiro atoms. The molecule has 1 amide bonds. The summed E-state index contributed by atoms with van der Waals surface area (Å²) < 4.78 is 4.80. The van der Waals surface area contributed by atoms with Gasteiger partial charge in [-0.25, -0.2) is 0 Å². The van der Waals surface area contributed by atoms with Crippen LogP contribution in [0.15, 0.2) is 0 Å². The van der Waals surface area contributed by atoms with E-state index in [1.54, 1.807) is 0 Å². The van der Waals surface area contributed by atoms with E-state index in [1.807, 2.05) is 4.90 Å². The zero-order valence-electron chi connectivity index (χ0n) is 10.9. The summed E-state index contributed by atoms with van der Waals surface area (Å²) in [5.41, 5.74) is 0. The minimum Gasteiger partial charge on any atom is -0.480 e. The number of hydrogen-bond donors (Lipinski definition) is 2. The fourth-order valence-electron chi connectivity index (χ4n) is 2.04. The number of carbonyl (C=O) groups is 2. The van der Waals surface area contributed by atoms with Crippen molar-refractivity contribution in [3.63, 3.8) is 0 Å². The third-order valence-electron chi connectivity index (χ3n) is 3.07. The Balaban J connectivity index is 2.22. The second-order valence-corrected chi connectivity index (χ2v) is 4.49. The second-order valence-electron chi connectivity index (χ2n) is 4.49. The maximum atomic E-state index is 11.8. The molecular weight excluding hydrogens is 236 g/mol. The molecule has 1 saturated heterocycles. The first-order valence-corrected chi connectivity index (χ1v) is 6.38. The summed E-state index contributed by atoms with van der Waals surface area (Å²) in [5.74, 6) is -0.856. The minimum atomic E-state index is -0.956. The summed E-state index contributed by atoms with van der Waals surface area (Å²) >= 11 is 0. The highest BCUT2D eigenvalue weighted by Gasteiger charge is 2.19. The Hall–Kier alpha value is -1.14. The van der Waals surface area contributed by atoms with Crippen molar-refractivity contribution in [2.24, 2.45) is 0 Å². The lowest BCUT2D eigenvalue weighted by Crippen LogP contribution is -2.43. The molecular formula is C12H22N2O4. The fourth-order valence-corrected chi connectivity index (χ4v) is 2.04. The van der Waals surface area contributed by atoms with Crippen LogP contribution in [0, 0.1) is 0 Å². The van der Waals surface area contributed by atoms with E-state index in [1.165, 1.54) is 13.5 Å². The number of nitrogens with zero attached hydrogens (tertiary/aromatic N) is 1. The van der Waals surface area contributed by atoms with E-state index in [0.717, 1.165) is 25.9 Å². The summed E-state index contributed by atoms with van der Waals surface area (Å²) in [6.07, 6.45) is 3.67. The van der Waals surface area contributed by atoms with Crippen molar-refractivity contribution in [3.05, 3.63) is 0 Å². The Morgan fingerprint density at radius 3 is 2.56 bits per heavy atom. The van der Waals surface area contributed by atoms with Crippen LogP contribution < -0.4 is 5.32 Å². The van der Waals surface area contributed by atoms with E-state index in [4.69, 9.17) is 9.84 Å². The molecule has 0 aromatic heterocycles. The summed E-state index contributed by atoms with van der Waals surface area (Å²) in [6.45, 7) is 2.14. The number of amides is 1. The van der Waals surface area contributed by atoms with Crippen LogP contribution in [0.5, 0.6) is 0 Å². The monoisotopic (exact) mass is 258 g/mol. The Bertz CT molecular complexity index is 277. The van der Waals surface area contributed by atoms with Crippen molar-refractivity contribution in [2.75, 3.05) is 33.4 Å². The van der Waals surface area contributed by atoms with Gasteiger partial charge in [0, 0.05) is 33.2 Å². The smallest absolute Gasteiger partial charge is 0.323 e. The highest BCUT2D eigenvalue weighted by Crippen LogP contribution is 2.09. The van der Waals surface area contributed by atoms with Gasteiger partial charge in [0.2, 0.25) is 5.91 Å². The molecule has 0 aromatic rings. The molecule has 0 radical (unpaired) electrons. The van der Waals surface area contributed by atoms with E-state index >= 15 is 0 Å². The predicted octanol–water partition coefficient (Wildman–Crippen LogP) is 0.0782. The molecule has 1 atom stereocenters. The molecule has 1 heterocycles. The van der Waals surface area contributed by atoms with Crippen molar-refractivity contribution >= 4 is 11.9 Å². The molecule has 0 bridgehead atoms. The molecule has 6 heteroatoms. The van der Waals surface area contributed by atoms with Crippen LogP contribution in [-0.4, -0.2) is 61.3 Å². The summed E-state index contributed by atoms with van der Waals surface area (Å²) in [7, 11) is 1.45. The van der Waals surface area contributed by atoms with Gasteiger partial charge in [-0.15, -0.1) is 0 Å². The largest absolute Gasteiger partial charge is 0.480 e. The van der Waals surface area contributed by atoms with Crippen LogP contribution >= 0.6 is 0 Å². The van der Waals surface area contributed by atoms with Crippen LogP contribution in [0.1, 0.15) is 25.7 Å². The number of nitrogens with one attached hydrogen (secondary N) is 1. The maximum absolute atomic E-state index is 11.8. The first-order chi connectivity index (χ1) is 8.65. The molecule has 2 N–H and O–H groups in total. The van der Waals surface area contributed by atoms with E-state index in [9.17, 15) is 9.59 Å². The number of likely N-dealkylation sites (tertiary alicyclic amines) is 1. The van der Waals surface area contributed by atoms with Crippen LogP contribution in [0.25, 0.3) is 0 Å². The standard InChI is InChI=1S/C12H22N2O4/c1-18-9-10(12(16)17)13-6-5-11(15)14-7-3-2-4-8-14/h10,13H,2-9H2,1H3,(H,16,17). The molecule has 0 aromatic carbocycles. The zero-order chi connectivity index (χ0) is 13.4. The molecule has 0 aliphatic carbocycles. The van der Waals surface area contributed by atoms with E-state index in [2.05, 4.69) is 5.32 Å². The number of aliphatic carboxylic acids is 1. The van der Waals surface area contributed by atoms with Gasteiger partial charge in [-0.1, -0.05) is 0 Å². The Morgan fingerprint density at radius 1 is 1.33 bits per heavy atom. The van der Waals surface area contributed by atoms with Crippen molar-refractivity contribution in [1.82, 2.24) is 10.2 Å². The normalized spacial score (nSPS) is 17.5. The third-order valence-corrected chi connectivity index (χ3v) is 3.07. The number of hydrogen-bond acceptors (Lipinski definition) is 4. The molecule has 1 rings (SSSR count). The number of ether oxygens (including phenoxy) is 1. The molecule has 104 valence electrons. The maximum Gasteiger partial charge on any atom is 0.323 e. The quantitative estimate of drug-likeness (QED) is 0.676. The Morgan fingerprint density at radius 2 is 2.00 bits per heavy atom. The predicted molar refractivity (Wildman–Crippen MR) is 66.4 cm³/mol. The van der Waals surface area contributed by atoms with Crippen molar-refractivity contribution < 1.29 is 19.4 Å². The lowest BCUT2D eigenvalue weighted by Gasteiger charge is -2.27. The van der Waals surface area contributed by atoms with E-state index < -0.39 is 12.0 Å². The summed E-state index contributed by atoms with van der Waals surface area (Å²) in [6, 6.07) is -0.746. The van der Waals surface area contributed by atoms with Crippen molar-refractivity contribution in [1.29, 1.82) is 0 Å². The number of rotatable bonds is 7. The molecule has 1 unspecified atom stereocenters. The fraction of sp³-hybridized carbons (Fsp3) is 0.833. The van der Waals surface area contributed by atoms with Gasteiger partial charge in [0.25, 0.3) is 0 Å². The SMILES string of the molecule is COCC(NCCC(=O)N1CCCCC1)C(=O)O. The molecule has 1 aliphatic heterocycles. The third kappa shape index (κ3) is 5.01. The average Bonchev–Trinajstić information content (AvgIpc) is 2.38. The number of carbonyl (C=O) groups excluding carboxylic acids is 1. The highest BCUT2D eigenvalue weighted by atomic mass is 16.5. The van der Waals surface area contributed by atoms with Crippen LogP contribution in [0.3, 0.4) is 0 Å². The highest BCUT2D eigenvalue weighted by molar-refractivity contribution is 5.77. The Labute approximate surface area is 107 Å². The van der Waals surface area contributed by atoms with Gasteiger partial charge in [-0.3, -0.25) is 9.59 Å². The number of methoxy groups -OCH3 is 1. The van der Waals surface area contributed by atoms with Crippen LogP contribution in [0.2, 0.25) is 0 Å². The van der Waals surface area contributed by atoms with Gasteiger partial charge >= 0.3 is 5.97 Å². The lowest BCUT2D eigenvalue weighted by molar-refractivity contribution is -0.141. The van der Waals surface area contributed by atoms with Gasteiger partial charge < -0.3 is 20.1 Å². The van der Waals surface area contributed by atoms with Gasteiger partial charge in [-0.2, -0.15) is 0 Å². The van der Waals surface area contributed by atoms with Crippen LogP contribution in [0.4, 0.5) is 0 Å². The van der Waals surface area contributed by atoms with Gasteiger partial charge in [0.1, 0.15) is 6.04 Å². The van der Waals surface area contributed by atoms with Crippen molar-refractivity contribution in [2.45, 2.75) is 31.7 Å². The van der Waals surface area contributed by atoms with Crippen molar-refractivity contribution in [3.8, 4) is 0 Å². The van der Waals surface area contributed by atoms with E-state index in [0.29, 0.717) is 13.0 Å². The summed E-state index contributed by atoms with van der Waals surface area (Å²) in [4.78, 5) is 24.5. The van der Waals surface area contributed by atoms with Gasteiger partial charge in [0.05, 0.1) is 6.61 Å². The van der Waals surface area contributed by atoms with Gasteiger partial charge in [-0.05, 0) is 19.3 Å². The van der Waals surface area contributed by atoms with Crippen LogP contribution in [-0.2, 0) is 14.3 Å². The molecule has 1 fully saturated rings.